The average molecular weight is 240 g/mol. The van der Waals surface area contributed by atoms with E-state index in [-0.39, 0.29) is 24.1 Å². The van der Waals surface area contributed by atoms with Crippen LogP contribution < -0.4 is 10.6 Å². The molecule has 98 valence electrons. The molecule has 1 saturated heterocycles. The van der Waals surface area contributed by atoms with E-state index in [1.807, 2.05) is 0 Å². The van der Waals surface area contributed by atoms with Gasteiger partial charge in [0.15, 0.2) is 0 Å². The molecule has 4 heteroatoms. The Morgan fingerprint density at radius 3 is 2.76 bits per heavy atom. The quantitative estimate of drug-likeness (QED) is 0.669. The average Bonchev–Trinajstić information content (AvgIpc) is 2.35. The third-order valence-electron chi connectivity index (χ3n) is 4.10. The summed E-state index contributed by atoms with van der Waals surface area (Å²) >= 11 is 0. The molecule has 0 bridgehead atoms. The van der Waals surface area contributed by atoms with Crippen molar-refractivity contribution in [2.75, 3.05) is 6.54 Å². The summed E-state index contributed by atoms with van der Waals surface area (Å²) in [7, 11) is 0. The number of carbonyl (C=O) groups is 1. The maximum atomic E-state index is 12.0. The second-order valence-corrected chi connectivity index (χ2v) is 5.57. The molecule has 2 rings (SSSR count). The van der Waals surface area contributed by atoms with E-state index in [4.69, 9.17) is 0 Å². The lowest BCUT2D eigenvalue weighted by atomic mass is 9.84. The first-order chi connectivity index (χ1) is 8.16. The number of hydrogen-bond donors (Lipinski definition) is 3. The number of hydrogen-bond acceptors (Lipinski definition) is 3. The summed E-state index contributed by atoms with van der Waals surface area (Å²) in [6, 6.07) is 0.260. The van der Waals surface area contributed by atoms with Crippen molar-refractivity contribution in [3.05, 3.63) is 0 Å². The summed E-state index contributed by atoms with van der Waals surface area (Å²) in [6.07, 6.45) is 5.71. The Hall–Kier alpha value is -0.610. The molecule has 0 aromatic rings. The summed E-state index contributed by atoms with van der Waals surface area (Å²) in [5, 5.41) is 16.0. The smallest absolute Gasteiger partial charge is 0.237 e. The minimum Gasteiger partial charge on any atom is -0.393 e. The van der Waals surface area contributed by atoms with E-state index in [0.717, 1.165) is 38.6 Å². The van der Waals surface area contributed by atoms with E-state index in [1.165, 1.54) is 6.42 Å². The van der Waals surface area contributed by atoms with Gasteiger partial charge in [0.1, 0.15) is 0 Å². The molecule has 2 fully saturated rings. The summed E-state index contributed by atoms with van der Waals surface area (Å²) in [6.45, 7) is 3.01. The fourth-order valence-electron chi connectivity index (χ4n) is 2.89. The molecule has 1 aliphatic carbocycles. The molecule has 0 aromatic carbocycles. The minimum absolute atomic E-state index is 0.00547. The predicted molar refractivity (Wildman–Crippen MR) is 66.6 cm³/mol. The second kappa shape index (κ2) is 5.83. The SMILES string of the molecule is CC1C[C@H](NC(=O)C2CCCCN2)CC[C@@H]1O. The van der Waals surface area contributed by atoms with Crippen LogP contribution in [0.1, 0.15) is 45.4 Å². The topological polar surface area (TPSA) is 61.4 Å². The number of aliphatic hydroxyl groups is 1. The van der Waals surface area contributed by atoms with Crippen molar-refractivity contribution in [2.45, 2.75) is 63.6 Å². The number of rotatable bonds is 2. The minimum atomic E-state index is -0.184. The number of nitrogens with one attached hydrogen (secondary N) is 2. The number of carbonyl (C=O) groups excluding carboxylic acids is 1. The number of aliphatic hydroxyl groups excluding tert-OH is 1. The first-order valence-corrected chi connectivity index (χ1v) is 6.88. The Kier molecular flexibility index (Phi) is 4.40. The van der Waals surface area contributed by atoms with E-state index >= 15 is 0 Å². The Morgan fingerprint density at radius 2 is 2.12 bits per heavy atom. The normalized spacial score (nSPS) is 38.7. The molecule has 1 aliphatic heterocycles. The van der Waals surface area contributed by atoms with Gasteiger partial charge in [-0.25, -0.2) is 0 Å². The van der Waals surface area contributed by atoms with Crippen molar-refractivity contribution in [3.8, 4) is 0 Å². The molecule has 3 N–H and O–H groups in total. The van der Waals surface area contributed by atoms with Crippen LogP contribution in [0.4, 0.5) is 0 Å². The van der Waals surface area contributed by atoms with Crippen molar-refractivity contribution < 1.29 is 9.90 Å². The molecular formula is C13H24N2O2. The van der Waals surface area contributed by atoms with Gasteiger partial charge in [-0.1, -0.05) is 13.3 Å². The highest BCUT2D eigenvalue weighted by Gasteiger charge is 2.29. The van der Waals surface area contributed by atoms with Crippen LogP contribution in [0.5, 0.6) is 0 Å². The zero-order chi connectivity index (χ0) is 12.3. The second-order valence-electron chi connectivity index (χ2n) is 5.57. The van der Waals surface area contributed by atoms with E-state index in [9.17, 15) is 9.90 Å². The molecule has 1 heterocycles. The Morgan fingerprint density at radius 1 is 1.29 bits per heavy atom. The van der Waals surface area contributed by atoms with Crippen molar-refractivity contribution in [1.82, 2.24) is 10.6 Å². The van der Waals surface area contributed by atoms with Gasteiger partial charge in [-0.05, 0) is 44.6 Å². The van der Waals surface area contributed by atoms with Gasteiger partial charge in [0.2, 0.25) is 5.91 Å². The lowest BCUT2D eigenvalue weighted by molar-refractivity contribution is -0.125. The molecule has 0 spiro atoms. The highest BCUT2D eigenvalue weighted by atomic mass is 16.3. The molecule has 4 nitrogen and oxygen atoms in total. The lowest BCUT2D eigenvalue weighted by Gasteiger charge is -2.33. The van der Waals surface area contributed by atoms with Crippen molar-refractivity contribution in [1.29, 1.82) is 0 Å². The van der Waals surface area contributed by atoms with Crippen LogP contribution in [-0.2, 0) is 4.79 Å². The molecule has 2 aliphatic rings. The molecular weight excluding hydrogens is 216 g/mol. The van der Waals surface area contributed by atoms with E-state index in [2.05, 4.69) is 17.6 Å². The molecule has 4 atom stereocenters. The molecule has 1 saturated carbocycles. The van der Waals surface area contributed by atoms with Crippen LogP contribution in [0, 0.1) is 5.92 Å². The number of piperidine rings is 1. The summed E-state index contributed by atoms with van der Waals surface area (Å²) in [4.78, 5) is 12.0. The van der Waals surface area contributed by atoms with Crippen LogP contribution in [-0.4, -0.2) is 35.7 Å². The third kappa shape index (κ3) is 3.42. The zero-order valence-electron chi connectivity index (χ0n) is 10.6. The molecule has 0 radical (unpaired) electrons. The zero-order valence-corrected chi connectivity index (χ0v) is 10.6. The van der Waals surface area contributed by atoms with Crippen LogP contribution in [0.15, 0.2) is 0 Å². The van der Waals surface area contributed by atoms with Gasteiger partial charge in [-0.2, -0.15) is 0 Å². The van der Waals surface area contributed by atoms with Crippen LogP contribution in [0.2, 0.25) is 0 Å². The van der Waals surface area contributed by atoms with E-state index < -0.39 is 0 Å². The Labute approximate surface area is 103 Å². The highest BCUT2D eigenvalue weighted by molar-refractivity contribution is 5.82. The fraction of sp³-hybridized carbons (Fsp3) is 0.923. The van der Waals surface area contributed by atoms with Gasteiger partial charge in [0, 0.05) is 6.04 Å². The fourth-order valence-corrected chi connectivity index (χ4v) is 2.89. The molecule has 0 aromatic heterocycles. The first kappa shape index (κ1) is 12.8. The van der Waals surface area contributed by atoms with Crippen LogP contribution in [0.25, 0.3) is 0 Å². The van der Waals surface area contributed by atoms with Gasteiger partial charge in [0.25, 0.3) is 0 Å². The van der Waals surface area contributed by atoms with Crippen molar-refractivity contribution in [2.24, 2.45) is 5.92 Å². The Balaban J connectivity index is 1.78. The van der Waals surface area contributed by atoms with Crippen LogP contribution >= 0.6 is 0 Å². The summed E-state index contributed by atoms with van der Waals surface area (Å²) < 4.78 is 0. The van der Waals surface area contributed by atoms with Crippen LogP contribution in [0.3, 0.4) is 0 Å². The van der Waals surface area contributed by atoms with Gasteiger partial charge in [0.05, 0.1) is 12.1 Å². The standard InChI is InChI=1S/C13H24N2O2/c1-9-8-10(5-6-12(9)16)15-13(17)11-4-2-3-7-14-11/h9-12,14,16H,2-8H2,1H3,(H,15,17)/t9?,10-,11?,12+/m1/s1. The van der Waals surface area contributed by atoms with Gasteiger partial charge in [-0.3, -0.25) is 4.79 Å². The maximum absolute atomic E-state index is 12.0. The predicted octanol–water partition coefficient (Wildman–Crippen LogP) is 0.794. The summed E-state index contributed by atoms with van der Waals surface area (Å²) in [5.41, 5.74) is 0. The van der Waals surface area contributed by atoms with E-state index in [0.29, 0.717) is 5.92 Å². The van der Waals surface area contributed by atoms with E-state index in [1.54, 1.807) is 0 Å². The molecule has 1 amide bonds. The highest BCUT2D eigenvalue weighted by Crippen LogP contribution is 2.24. The van der Waals surface area contributed by atoms with Crippen molar-refractivity contribution >= 4 is 5.91 Å². The molecule has 2 unspecified atom stereocenters. The number of amides is 1. The van der Waals surface area contributed by atoms with Gasteiger partial charge in [-0.15, -0.1) is 0 Å². The van der Waals surface area contributed by atoms with Gasteiger partial charge < -0.3 is 15.7 Å². The van der Waals surface area contributed by atoms with Gasteiger partial charge >= 0.3 is 0 Å². The van der Waals surface area contributed by atoms with Crippen molar-refractivity contribution in [3.63, 3.8) is 0 Å². The monoisotopic (exact) mass is 240 g/mol. The maximum Gasteiger partial charge on any atom is 0.237 e. The largest absolute Gasteiger partial charge is 0.393 e. The Bertz CT molecular complexity index is 264. The summed E-state index contributed by atoms with van der Waals surface area (Å²) in [5.74, 6) is 0.451. The molecule has 17 heavy (non-hydrogen) atoms. The first-order valence-electron chi connectivity index (χ1n) is 6.88. The lowest BCUT2D eigenvalue weighted by Crippen LogP contribution is -2.51. The third-order valence-corrected chi connectivity index (χ3v) is 4.10.